The van der Waals surface area contributed by atoms with E-state index in [0.29, 0.717) is 28.4 Å². The first-order chi connectivity index (χ1) is 15.5. The van der Waals surface area contributed by atoms with Crippen LogP contribution in [-0.2, 0) is 4.79 Å². The monoisotopic (exact) mass is 444 g/mol. The van der Waals surface area contributed by atoms with E-state index in [2.05, 4.69) is 4.98 Å². The summed E-state index contributed by atoms with van der Waals surface area (Å²) in [6.07, 6.45) is 1.72. The maximum Gasteiger partial charge on any atom is 0.267 e. The molecular formula is C25H24N4O2S. The predicted octanol–water partition coefficient (Wildman–Crippen LogP) is 4.62. The van der Waals surface area contributed by atoms with Gasteiger partial charge in [-0.3, -0.25) is 9.59 Å². The number of benzene rings is 2. The lowest BCUT2D eigenvalue weighted by atomic mass is 10.2. The molecule has 0 aliphatic rings. The van der Waals surface area contributed by atoms with Crippen LogP contribution in [0.5, 0.6) is 0 Å². The summed E-state index contributed by atoms with van der Waals surface area (Å²) in [6, 6.07) is 20.5. The molecule has 6 nitrogen and oxygen atoms in total. The van der Waals surface area contributed by atoms with Crippen molar-refractivity contribution in [3.63, 3.8) is 0 Å². The van der Waals surface area contributed by atoms with Gasteiger partial charge in [0.25, 0.3) is 5.56 Å². The molecule has 0 spiro atoms. The van der Waals surface area contributed by atoms with Gasteiger partial charge >= 0.3 is 0 Å². The minimum atomic E-state index is -0.458. The maximum absolute atomic E-state index is 13.4. The predicted molar refractivity (Wildman–Crippen MR) is 130 cm³/mol. The lowest BCUT2D eigenvalue weighted by Gasteiger charge is -2.24. The Bertz CT molecular complexity index is 1300. The van der Waals surface area contributed by atoms with Crippen LogP contribution in [0.2, 0.25) is 0 Å². The number of hydrogen-bond donors (Lipinski definition) is 0. The number of fused-ring (bicyclic) bond motifs is 1. The third-order valence-corrected chi connectivity index (χ3v) is 6.19. The van der Waals surface area contributed by atoms with E-state index in [-0.39, 0.29) is 11.5 Å². The first-order valence-corrected chi connectivity index (χ1v) is 11.4. The summed E-state index contributed by atoms with van der Waals surface area (Å²) >= 11 is 1.27. The molecule has 0 saturated carbocycles. The van der Waals surface area contributed by atoms with Crippen molar-refractivity contribution in [2.75, 3.05) is 11.4 Å². The van der Waals surface area contributed by atoms with Gasteiger partial charge in [-0.05, 0) is 56.7 Å². The van der Waals surface area contributed by atoms with Gasteiger partial charge in [-0.25, -0.2) is 14.5 Å². The van der Waals surface area contributed by atoms with Crippen molar-refractivity contribution in [1.82, 2.24) is 14.5 Å². The van der Waals surface area contributed by atoms with E-state index in [1.807, 2.05) is 75.4 Å². The van der Waals surface area contributed by atoms with Crippen molar-refractivity contribution < 1.29 is 4.79 Å². The Morgan fingerprint density at radius 3 is 2.47 bits per heavy atom. The van der Waals surface area contributed by atoms with Gasteiger partial charge < -0.3 is 4.90 Å². The second-order valence-corrected chi connectivity index (χ2v) is 8.73. The van der Waals surface area contributed by atoms with Crippen molar-refractivity contribution >= 4 is 34.3 Å². The molecule has 2 heterocycles. The molecule has 0 saturated heterocycles. The minimum Gasteiger partial charge on any atom is -0.312 e. The van der Waals surface area contributed by atoms with Gasteiger partial charge in [0.15, 0.2) is 5.16 Å². The topological polar surface area (TPSA) is 68.1 Å². The van der Waals surface area contributed by atoms with E-state index in [1.165, 1.54) is 16.3 Å². The van der Waals surface area contributed by atoms with Crippen LogP contribution in [0.15, 0.2) is 82.9 Å². The number of aryl methyl sites for hydroxylation is 1. The largest absolute Gasteiger partial charge is 0.312 e. The van der Waals surface area contributed by atoms with Crippen molar-refractivity contribution in [2.24, 2.45) is 0 Å². The van der Waals surface area contributed by atoms with Gasteiger partial charge in [0.05, 0.1) is 16.2 Å². The molecule has 4 rings (SSSR count). The number of anilines is 1. The van der Waals surface area contributed by atoms with Crippen LogP contribution in [0.3, 0.4) is 0 Å². The lowest BCUT2D eigenvalue weighted by molar-refractivity contribution is -0.117. The Morgan fingerprint density at radius 2 is 1.78 bits per heavy atom. The summed E-state index contributed by atoms with van der Waals surface area (Å²) < 4.78 is 1.50. The summed E-state index contributed by atoms with van der Waals surface area (Å²) in [5, 5.41) is 0.493. The first kappa shape index (κ1) is 21.8. The van der Waals surface area contributed by atoms with Crippen LogP contribution in [0.25, 0.3) is 16.7 Å². The van der Waals surface area contributed by atoms with Crippen LogP contribution < -0.4 is 10.5 Å². The summed E-state index contributed by atoms with van der Waals surface area (Å²) in [6.45, 7) is 6.28. The lowest BCUT2D eigenvalue weighted by Crippen LogP contribution is -2.37. The van der Waals surface area contributed by atoms with E-state index in [4.69, 9.17) is 4.98 Å². The van der Waals surface area contributed by atoms with Crippen LogP contribution in [-0.4, -0.2) is 32.2 Å². The van der Waals surface area contributed by atoms with E-state index >= 15 is 0 Å². The molecule has 2 aromatic carbocycles. The molecule has 4 aromatic rings. The zero-order valence-corrected chi connectivity index (χ0v) is 19.0. The summed E-state index contributed by atoms with van der Waals surface area (Å²) in [5.74, 6) is 0.436. The maximum atomic E-state index is 13.4. The number of para-hydroxylation sites is 2. The number of amides is 1. The second kappa shape index (κ2) is 9.36. The fourth-order valence-electron chi connectivity index (χ4n) is 3.49. The van der Waals surface area contributed by atoms with Crippen LogP contribution in [0.4, 0.5) is 5.69 Å². The molecule has 0 N–H and O–H groups in total. The Morgan fingerprint density at radius 1 is 1.06 bits per heavy atom. The number of hydrogen-bond acceptors (Lipinski definition) is 5. The molecule has 0 aliphatic heterocycles. The Hall–Kier alpha value is -3.45. The SMILES string of the molecule is CCN(C(=O)C(C)Sc1nc2ccccc2c(=O)n1-c1ccc(C)cn1)c1ccccc1. The Labute approximate surface area is 190 Å². The average Bonchev–Trinajstić information content (AvgIpc) is 2.81. The zero-order valence-electron chi connectivity index (χ0n) is 18.2. The highest BCUT2D eigenvalue weighted by Crippen LogP contribution is 2.27. The standard InChI is InChI=1S/C25H24N4O2S/c1-4-28(19-10-6-5-7-11-19)23(30)18(3)32-25-27-21-13-9-8-12-20(21)24(31)29(25)22-15-14-17(2)16-26-22/h5-16,18H,4H2,1-3H3. The Kier molecular flexibility index (Phi) is 6.37. The van der Waals surface area contributed by atoms with Crippen molar-refractivity contribution in [1.29, 1.82) is 0 Å². The number of carbonyl (C=O) groups is 1. The van der Waals surface area contributed by atoms with E-state index in [1.54, 1.807) is 23.2 Å². The van der Waals surface area contributed by atoms with E-state index < -0.39 is 5.25 Å². The number of thioether (sulfide) groups is 1. The van der Waals surface area contributed by atoms with Crippen molar-refractivity contribution in [2.45, 2.75) is 31.2 Å². The van der Waals surface area contributed by atoms with Crippen molar-refractivity contribution in [3.8, 4) is 5.82 Å². The molecule has 7 heteroatoms. The number of carbonyl (C=O) groups excluding carboxylic acids is 1. The molecule has 1 unspecified atom stereocenters. The van der Waals surface area contributed by atoms with Gasteiger partial charge in [0.2, 0.25) is 5.91 Å². The summed E-state index contributed by atoms with van der Waals surface area (Å²) in [7, 11) is 0. The third-order valence-electron chi connectivity index (χ3n) is 5.15. The number of aromatic nitrogens is 3. The molecule has 32 heavy (non-hydrogen) atoms. The molecule has 1 amide bonds. The van der Waals surface area contributed by atoms with E-state index in [0.717, 1.165) is 11.3 Å². The number of nitrogens with zero attached hydrogens (tertiary/aromatic N) is 4. The molecular weight excluding hydrogens is 420 g/mol. The average molecular weight is 445 g/mol. The van der Waals surface area contributed by atoms with Crippen molar-refractivity contribution in [3.05, 3.63) is 88.8 Å². The molecule has 0 radical (unpaired) electrons. The minimum absolute atomic E-state index is 0.0467. The number of rotatable bonds is 6. The summed E-state index contributed by atoms with van der Waals surface area (Å²) in [5.41, 5.74) is 2.23. The van der Waals surface area contributed by atoms with E-state index in [9.17, 15) is 9.59 Å². The fourth-order valence-corrected chi connectivity index (χ4v) is 4.46. The van der Waals surface area contributed by atoms with Gasteiger partial charge in [-0.2, -0.15) is 0 Å². The van der Waals surface area contributed by atoms with Crippen LogP contribution >= 0.6 is 11.8 Å². The smallest absolute Gasteiger partial charge is 0.267 e. The second-order valence-electron chi connectivity index (χ2n) is 7.42. The highest BCUT2D eigenvalue weighted by molar-refractivity contribution is 8.00. The van der Waals surface area contributed by atoms with Gasteiger partial charge in [-0.15, -0.1) is 0 Å². The molecule has 162 valence electrons. The third kappa shape index (κ3) is 4.29. The molecule has 0 aliphatic carbocycles. The molecule has 1 atom stereocenters. The fraction of sp³-hybridized carbons (Fsp3) is 0.200. The molecule has 0 fully saturated rings. The highest BCUT2D eigenvalue weighted by Gasteiger charge is 2.25. The zero-order chi connectivity index (χ0) is 22.7. The molecule has 2 aromatic heterocycles. The quantitative estimate of drug-likeness (QED) is 0.321. The van der Waals surface area contributed by atoms with Crippen LogP contribution in [0, 0.1) is 6.92 Å². The van der Waals surface area contributed by atoms with Gasteiger partial charge in [0.1, 0.15) is 5.82 Å². The van der Waals surface area contributed by atoms with Gasteiger partial charge in [0, 0.05) is 18.4 Å². The normalized spacial score (nSPS) is 12.0. The highest BCUT2D eigenvalue weighted by atomic mass is 32.2. The molecule has 0 bridgehead atoms. The summed E-state index contributed by atoms with van der Waals surface area (Å²) in [4.78, 5) is 37.6. The Balaban J connectivity index is 1.76. The first-order valence-electron chi connectivity index (χ1n) is 10.5. The van der Waals surface area contributed by atoms with Crippen LogP contribution in [0.1, 0.15) is 19.4 Å². The van der Waals surface area contributed by atoms with Gasteiger partial charge in [-0.1, -0.05) is 48.2 Å². The number of pyridine rings is 1.